The molecule has 3 aromatic rings. The van der Waals surface area contributed by atoms with Gasteiger partial charge in [-0.2, -0.15) is 0 Å². The van der Waals surface area contributed by atoms with Gasteiger partial charge in [-0.15, -0.1) is 12.4 Å². The molecule has 0 spiro atoms. The number of halogens is 1. The molecule has 0 fully saturated rings. The van der Waals surface area contributed by atoms with Crippen molar-refractivity contribution in [2.75, 3.05) is 32.1 Å². The van der Waals surface area contributed by atoms with Crippen LogP contribution in [0.2, 0.25) is 0 Å². The van der Waals surface area contributed by atoms with Crippen molar-refractivity contribution in [3.8, 4) is 5.75 Å². The van der Waals surface area contributed by atoms with E-state index in [1.54, 1.807) is 18.9 Å². The zero-order valence-electron chi connectivity index (χ0n) is 17.1. The van der Waals surface area contributed by atoms with Crippen molar-refractivity contribution < 1.29 is 4.74 Å². The molecule has 3 nitrogen and oxygen atoms in total. The number of rotatable bonds is 5. The molecule has 1 aliphatic rings. The first-order valence-corrected chi connectivity index (χ1v) is 10.5. The predicted molar refractivity (Wildman–Crippen MR) is 131 cm³/mol. The maximum Gasteiger partial charge on any atom is 0.118 e. The average Bonchev–Trinajstić information content (AvgIpc) is 2.93. The second-order valence-electron chi connectivity index (χ2n) is 6.85. The van der Waals surface area contributed by atoms with Crippen LogP contribution in [0.15, 0.2) is 93.7 Å². The fourth-order valence-corrected chi connectivity index (χ4v) is 4.27. The normalized spacial score (nSPS) is 13.3. The molecule has 1 aliphatic heterocycles. The number of hydrogen-bond acceptors (Lipinski definition) is 4. The van der Waals surface area contributed by atoms with E-state index >= 15 is 0 Å². The van der Waals surface area contributed by atoms with Gasteiger partial charge in [0.1, 0.15) is 5.75 Å². The highest BCUT2D eigenvalue weighted by molar-refractivity contribution is 7.99. The summed E-state index contributed by atoms with van der Waals surface area (Å²) in [6.07, 6.45) is 4.32. The van der Waals surface area contributed by atoms with Gasteiger partial charge in [-0.1, -0.05) is 54.2 Å². The zero-order valence-corrected chi connectivity index (χ0v) is 18.7. The summed E-state index contributed by atoms with van der Waals surface area (Å²) in [4.78, 5) is 9.50. The van der Waals surface area contributed by atoms with E-state index in [0.717, 1.165) is 24.6 Å². The van der Waals surface area contributed by atoms with Crippen LogP contribution in [0.4, 0.5) is 5.69 Å². The molecule has 0 aromatic heterocycles. The molecule has 0 radical (unpaired) electrons. The minimum atomic E-state index is 0. The van der Waals surface area contributed by atoms with Gasteiger partial charge in [0, 0.05) is 34.6 Å². The minimum absolute atomic E-state index is 0. The van der Waals surface area contributed by atoms with Gasteiger partial charge in [0.2, 0.25) is 0 Å². The molecule has 0 atom stereocenters. The van der Waals surface area contributed by atoms with E-state index in [9.17, 15) is 0 Å². The Morgan fingerprint density at radius 3 is 2.47 bits per heavy atom. The quantitative estimate of drug-likeness (QED) is 0.474. The molecule has 0 saturated heterocycles. The lowest BCUT2D eigenvalue weighted by atomic mass is 10.1. The number of benzodiazepines with no additional fused rings is 1. The van der Waals surface area contributed by atoms with Crippen LogP contribution in [-0.2, 0) is 0 Å². The molecular formula is C25H25ClN2OS. The van der Waals surface area contributed by atoms with Crippen LogP contribution in [0.3, 0.4) is 0 Å². The van der Waals surface area contributed by atoms with Crippen LogP contribution in [0.1, 0.15) is 11.1 Å². The van der Waals surface area contributed by atoms with Gasteiger partial charge in [-0.3, -0.25) is 4.99 Å². The van der Waals surface area contributed by atoms with Crippen LogP contribution in [0.25, 0.3) is 6.08 Å². The third-order valence-electron chi connectivity index (χ3n) is 4.94. The maximum atomic E-state index is 5.26. The summed E-state index contributed by atoms with van der Waals surface area (Å²) in [5.41, 5.74) is 4.64. The number of ether oxygens (including phenoxy) is 1. The third-order valence-corrected chi connectivity index (χ3v) is 6.04. The second kappa shape index (κ2) is 10.4. The van der Waals surface area contributed by atoms with Crippen molar-refractivity contribution >= 4 is 41.6 Å². The number of nitrogens with zero attached hydrogens (tertiary/aromatic N) is 2. The summed E-state index contributed by atoms with van der Waals surface area (Å²) in [6.45, 7) is 1.73. The number of benzene rings is 3. The molecule has 0 N–H and O–H groups in total. The van der Waals surface area contributed by atoms with Crippen LogP contribution in [0, 0.1) is 0 Å². The van der Waals surface area contributed by atoms with Gasteiger partial charge in [-0.25, -0.2) is 0 Å². The molecule has 30 heavy (non-hydrogen) atoms. The van der Waals surface area contributed by atoms with Crippen molar-refractivity contribution in [1.29, 1.82) is 0 Å². The van der Waals surface area contributed by atoms with Crippen LogP contribution >= 0.6 is 24.2 Å². The van der Waals surface area contributed by atoms with Gasteiger partial charge in [-0.05, 0) is 48.0 Å². The largest absolute Gasteiger partial charge is 0.497 e. The summed E-state index contributed by atoms with van der Waals surface area (Å²) < 4.78 is 5.26. The van der Waals surface area contributed by atoms with Crippen molar-refractivity contribution in [1.82, 2.24) is 0 Å². The smallest absolute Gasteiger partial charge is 0.118 e. The summed E-state index contributed by atoms with van der Waals surface area (Å²) in [6, 6.07) is 25.1. The number of methoxy groups -OCH3 is 1. The molecule has 0 bridgehead atoms. The Kier molecular flexibility index (Phi) is 7.61. The Morgan fingerprint density at radius 1 is 0.933 bits per heavy atom. The number of hydrogen-bond donors (Lipinski definition) is 0. The highest BCUT2D eigenvalue weighted by Crippen LogP contribution is 2.32. The van der Waals surface area contributed by atoms with Gasteiger partial charge in [0.25, 0.3) is 0 Å². The van der Waals surface area contributed by atoms with Crippen molar-refractivity contribution in [2.45, 2.75) is 9.79 Å². The average molecular weight is 437 g/mol. The lowest BCUT2D eigenvalue weighted by Crippen LogP contribution is -2.20. The van der Waals surface area contributed by atoms with E-state index in [2.05, 4.69) is 84.8 Å². The molecule has 5 heteroatoms. The topological polar surface area (TPSA) is 24.8 Å². The Labute approximate surface area is 188 Å². The van der Waals surface area contributed by atoms with Crippen LogP contribution in [0.5, 0.6) is 5.75 Å². The summed E-state index contributed by atoms with van der Waals surface area (Å²) in [5.74, 6) is 0.873. The van der Waals surface area contributed by atoms with Crippen molar-refractivity contribution in [3.63, 3.8) is 0 Å². The zero-order chi connectivity index (χ0) is 20.1. The van der Waals surface area contributed by atoms with E-state index in [0.29, 0.717) is 0 Å². The molecule has 0 aliphatic carbocycles. The first-order chi connectivity index (χ1) is 14.2. The van der Waals surface area contributed by atoms with E-state index in [4.69, 9.17) is 9.73 Å². The number of fused-ring (bicyclic) bond motifs is 1. The standard InChI is InChI=1S/C25H24N2OS.ClH/c1-27-18-17-26-23(22-8-4-5-9-24(22)27)16-11-19-7-3-6-10-25(19)29-21-14-12-20(28-2)13-15-21;/h3-16H,17-18H2,1-2H3;1H/b16-11+;. The summed E-state index contributed by atoms with van der Waals surface area (Å²) >= 11 is 1.76. The Bertz CT molecular complexity index is 1050. The van der Waals surface area contributed by atoms with Gasteiger partial charge < -0.3 is 9.64 Å². The third kappa shape index (κ3) is 5.07. The molecule has 1 heterocycles. The molecule has 3 aromatic carbocycles. The minimum Gasteiger partial charge on any atom is -0.497 e. The Morgan fingerprint density at radius 2 is 1.67 bits per heavy atom. The molecule has 4 rings (SSSR count). The molecule has 0 saturated carbocycles. The number of anilines is 1. The number of para-hydroxylation sites is 1. The number of likely N-dealkylation sites (N-methyl/N-ethyl adjacent to an activating group) is 1. The number of allylic oxidation sites excluding steroid dienone is 1. The molecule has 0 unspecified atom stereocenters. The fourth-order valence-electron chi connectivity index (χ4n) is 3.34. The predicted octanol–water partition coefficient (Wildman–Crippen LogP) is 6.22. The molecular weight excluding hydrogens is 412 g/mol. The van der Waals surface area contributed by atoms with E-state index < -0.39 is 0 Å². The Hall–Kier alpha value is -2.69. The highest BCUT2D eigenvalue weighted by atomic mass is 35.5. The van der Waals surface area contributed by atoms with Gasteiger partial charge in [0.15, 0.2) is 0 Å². The summed E-state index contributed by atoms with van der Waals surface area (Å²) in [5, 5.41) is 0. The van der Waals surface area contributed by atoms with E-state index in [1.165, 1.54) is 26.6 Å². The van der Waals surface area contributed by atoms with E-state index in [1.807, 2.05) is 12.1 Å². The highest BCUT2D eigenvalue weighted by Gasteiger charge is 2.13. The second-order valence-corrected chi connectivity index (χ2v) is 7.97. The van der Waals surface area contributed by atoms with E-state index in [-0.39, 0.29) is 12.4 Å². The van der Waals surface area contributed by atoms with Crippen molar-refractivity contribution in [3.05, 3.63) is 90.0 Å². The molecule has 0 amide bonds. The monoisotopic (exact) mass is 436 g/mol. The lowest BCUT2D eigenvalue weighted by Gasteiger charge is -2.18. The van der Waals surface area contributed by atoms with Gasteiger partial charge >= 0.3 is 0 Å². The van der Waals surface area contributed by atoms with Crippen molar-refractivity contribution in [2.24, 2.45) is 4.99 Å². The summed E-state index contributed by atoms with van der Waals surface area (Å²) in [7, 11) is 3.82. The maximum absolute atomic E-state index is 5.26. The van der Waals surface area contributed by atoms with Crippen LogP contribution in [-0.4, -0.2) is 33.0 Å². The number of aliphatic imine (C=N–C) groups is 1. The first-order valence-electron chi connectivity index (χ1n) is 9.68. The lowest BCUT2D eigenvalue weighted by molar-refractivity contribution is 0.414. The first kappa shape index (κ1) is 22.0. The Balaban J connectivity index is 0.00000256. The van der Waals surface area contributed by atoms with Crippen LogP contribution < -0.4 is 9.64 Å². The molecule has 154 valence electrons. The fraction of sp³-hybridized carbons (Fsp3) is 0.160. The van der Waals surface area contributed by atoms with Gasteiger partial charge in [0.05, 0.1) is 19.4 Å². The SMILES string of the molecule is COc1ccc(Sc2ccccc2/C=C/C2=NCCN(C)c3ccccc32)cc1.Cl.